The summed E-state index contributed by atoms with van der Waals surface area (Å²) in [5, 5.41) is 7.51. The molecule has 2 aliphatic rings. The number of hydrogen-bond donors (Lipinski definition) is 2. The molecule has 0 spiro atoms. The highest BCUT2D eigenvalue weighted by Crippen LogP contribution is 2.32. The van der Waals surface area contributed by atoms with Crippen molar-refractivity contribution in [1.82, 2.24) is 15.5 Å². The second-order valence-electron chi connectivity index (χ2n) is 9.10. The SMILES string of the molecule is O=C(NCCc1ccc2c(c1)OCO2)[C@@H]1C[C@@H](NCc2ccccc2)CN1Cc1cccc(Cl)c1. The van der Waals surface area contributed by atoms with Crippen molar-refractivity contribution >= 4 is 17.5 Å². The predicted octanol–water partition coefficient (Wildman–Crippen LogP) is 4.16. The summed E-state index contributed by atoms with van der Waals surface area (Å²) >= 11 is 6.21. The van der Waals surface area contributed by atoms with Crippen molar-refractivity contribution < 1.29 is 14.3 Å². The molecule has 0 saturated carbocycles. The van der Waals surface area contributed by atoms with Gasteiger partial charge in [-0.05, 0) is 53.8 Å². The van der Waals surface area contributed by atoms with E-state index in [2.05, 4.69) is 33.7 Å². The van der Waals surface area contributed by atoms with Crippen molar-refractivity contribution in [1.29, 1.82) is 0 Å². The van der Waals surface area contributed by atoms with Gasteiger partial charge in [0.2, 0.25) is 12.7 Å². The van der Waals surface area contributed by atoms with Crippen LogP contribution in [0.2, 0.25) is 5.02 Å². The van der Waals surface area contributed by atoms with Gasteiger partial charge in [0.15, 0.2) is 11.5 Å². The molecule has 1 saturated heterocycles. The number of benzene rings is 3. The predicted molar refractivity (Wildman–Crippen MR) is 137 cm³/mol. The van der Waals surface area contributed by atoms with Gasteiger partial charge in [0.05, 0.1) is 6.04 Å². The number of hydrogen-bond acceptors (Lipinski definition) is 5. The lowest BCUT2D eigenvalue weighted by atomic mass is 10.1. The molecule has 3 aromatic carbocycles. The number of amides is 1. The second-order valence-corrected chi connectivity index (χ2v) is 9.54. The number of carbonyl (C=O) groups is 1. The van der Waals surface area contributed by atoms with Gasteiger partial charge < -0.3 is 20.1 Å². The summed E-state index contributed by atoms with van der Waals surface area (Å²) in [6.07, 6.45) is 1.50. The molecule has 2 atom stereocenters. The zero-order chi connectivity index (χ0) is 24.0. The van der Waals surface area contributed by atoms with E-state index in [1.165, 1.54) is 5.56 Å². The molecule has 2 heterocycles. The van der Waals surface area contributed by atoms with Crippen molar-refractivity contribution in [3.8, 4) is 11.5 Å². The third kappa shape index (κ3) is 6.14. The van der Waals surface area contributed by atoms with Gasteiger partial charge in [-0.15, -0.1) is 0 Å². The first-order valence-electron chi connectivity index (χ1n) is 12.1. The monoisotopic (exact) mass is 491 g/mol. The lowest BCUT2D eigenvalue weighted by molar-refractivity contribution is -0.125. The average Bonchev–Trinajstić information content (AvgIpc) is 3.50. The van der Waals surface area contributed by atoms with Crippen molar-refractivity contribution in [3.63, 3.8) is 0 Å². The Bertz CT molecular complexity index is 1160. The fraction of sp³-hybridized carbons (Fsp3) is 0.321. The standard InChI is InChI=1S/C28H30ClN3O3/c29-23-8-4-7-22(13-23)17-32-18-24(31-16-21-5-2-1-3-6-21)15-25(32)28(33)30-12-11-20-9-10-26-27(14-20)35-19-34-26/h1-10,13-14,24-25,31H,11-12,15-19H2,(H,30,33)/t24-,25+/m1/s1. The molecular weight excluding hydrogens is 462 g/mol. The average molecular weight is 492 g/mol. The van der Waals surface area contributed by atoms with Gasteiger partial charge in [-0.3, -0.25) is 9.69 Å². The van der Waals surface area contributed by atoms with Crippen LogP contribution in [0.5, 0.6) is 11.5 Å². The number of ether oxygens (including phenoxy) is 2. The van der Waals surface area contributed by atoms with Crippen molar-refractivity contribution in [3.05, 3.63) is 94.5 Å². The highest BCUT2D eigenvalue weighted by molar-refractivity contribution is 6.30. The smallest absolute Gasteiger partial charge is 0.237 e. The van der Waals surface area contributed by atoms with E-state index in [9.17, 15) is 4.79 Å². The first kappa shape index (κ1) is 23.7. The fourth-order valence-corrected chi connectivity index (χ4v) is 4.98. The minimum atomic E-state index is -0.195. The molecule has 2 aliphatic heterocycles. The van der Waals surface area contributed by atoms with Crippen LogP contribution in [0.1, 0.15) is 23.1 Å². The Hall–Kier alpha value is -3.06. The van der Waals surface area contributed by atoms with Gasteiger partial charge in [-0.25, -0.2) is 0 Å². The molecule has 0 aliphatic carbocycles. The lowest BCUT2D eigenvalue weighted by Gasteiger charge is -2.23. The third-order valence-electron chi connectivity index (χ3n) is 6.57. The molecule has 2 N–H and O–H groups in total. The van der Waals surface area contributed by atoms with Gasteiger partial charge >= 0.3 is 0 Å². The van der Waals surface area contributed by atoms with E-state index in [4.69, 9.17) is 21.1 Å². The normalized spacial score (nSPS) is 19.1. The number of likely N-dealkylation sites (tertiary alicyclic amines) is 1. The topological polar surface area (TPSA) is 62.8 Å². The number of fused-ring (bicyclic) bond motifs is 1. The summed E-state index contributed by atoms with van der Waals surface area (Å²) < 4.78 is 10.8. The zero-order valence-electron chi connectivity index (χ0n) is 19.6. The van der Waals surface area contributed by atoms with Crippen LogP contribution in [-0.2, 0) is 24.3 Å². The van der Waals surface area contributed by atoms with Crippen molar-refractivity contribution in [2.24, 2.45) is 0 Å². The first-order valence-corrected chi connectivity index (χ1v) is 12.4. The Balaban J connectivity index is 1.20. The Kier molecular flexibility index (Phi) is 7.52. The summed E-state index contributed by atoms with van der Waals surface area (Å²) in [5.74, 6) is 1.61. The molecule has 6 nitrogen and oxygen atoms in total. The fourth-order valence-electron chi connectivity index (χ4n) is 4.77. The van der Waals surface area contributed by atoms with Crippen LogP contribution in [-0.4, -0.2) is 42.8 Å². The maximum atomic E-state index is 13.3. The molecule has 1 fully saturated rings. The van der Waals surface area contributed by atoms with Crippen LogP contribution < -0.4 is 20.1 Å². The zero-order valence-corrected chi connectivity index (χ0v) is 20.3. The van der Waals surface area contributed by atoms with Gasteiger partial charge in [0.1, 0.15) is 0 Å². The van der Waals surface area contributed by atoms with Crippen molar-refractivity contribution in [2.45, 2.75) is 38.0 Å². The molecule has 182 valence electrons. The highest BCUT2D eigenvalue weighted by atomic mass is 35.5. The van der Waals surface area contributed by atoms with Crippen LogP contribution in [0.4, 0.5) is 0 Å². The minimum Gasteiger partial charge on any atom is -0.454 e. The van der Waals surface area contributed by atoms with Crippen LogP contribution in [0.3, 0.4) is 0 Å². The van der Waals surface area contributed by atoms with E-state index in [1.807, 2.05) is 54.6 Å². The molecule has 1 amide bonds. The van der Waals surface area contributed by atoms with E-state index in [0.717, 1.165) is 48.6 Å². The molecule has 3 aromatic rings. The quantitative estimate of drug-likeness (QED) is 0.470. The Morgan fingerprint density at radius 1 is 0.943 bits per heavy atom. The van der Waals surface area contributed by atoms with Gasteiger partial charge in [-0.1, -0.05) is 60.1 Å². The molecule has 35 heavy (non-hydrogen) atoms. The van der Waals surface area contributed by atoms with Crippen LogP contribution in [0, 0.1) is 0 Å². The summed E-state index contributed by atoms with van der Waals surface area (Å²) in [5.41, 5.74) is 3.46. The molecule has 0 radical (unpaired) electrons. The Labute approximate surface area is 211 Å². The summed E-state index contributed by atoms with van der Waals surface area (Å²) in [7, 11) is 0. The van der Waals surface area contributed by atoms with Gasteiger partial charge in [-0.2, -0.15) is 0 Å². The summed E-state index contributed by atoms with van der Waals surface area (Å²) in [6.45, 7) is 3.11. The van der Waals surface area contributed by atoms with E-state index >= 15 is 0 Å². The maximum Gasteiger partial charge on any atom is 0.237 e. The molecule has 7 heteroatoms. The number of nitrogens with zero attached hydrogens (tertiary/aromatic N) is 1. The van der Waals surface area contributed by atoms with Gasteiger partial charge in [0.25, 0.3) is 0 Å². The number of rotatable bonds is 9. The first-order chi connectivity index (χ1) is 17.1. The van der Waals surface area contributed by atoms with E-state index < -0.39 is 0 Å². The van der Waals surface area contributed by atoms with E-state index in [0.29, 0.717) is 18.1 Å². The lowest BCUT2D eigenvalue weighted by Crippen LogP contribution is -2.43. The minimum absolute atomic E-state index is 0.0665. The van der Waals surface area contributed by atoms with Crippen molar-refractivity contribution in [2.75, 3.05) is 19.9 Å². The van der Waals surface area contributed by atoms with Crippen LogP contribution in [0.15, 0.2) is 72.8 Å². The highest BCUT2D eigenvalue weighted by Gasteiger charge is 2.36. The molecule has 0 bridgehead atoms. The molecule has 5 rings (SSSR count). The molecular formula is C28H30ClN3O3. The largest absolute Gasteiger partial charge is 0.454 e. The van der Waals surface area contributed by atoms with Gasteiger partial charge in [0, 0.05) is 37.2 Å². The third-order valence-corrected chi connectivity index (χ3v) is 6.80. The number of carbonyl (C=O) groups excluding carboxylic acids is 1. The maximum absolute atomic E-state index is 13.3. The number of halogens is 1. The second kappa shape index (κ2) is 11.1. The van der Waals surface area contributed by atoms with E-state index in [-0.39, 0.29) is 24.8 Å². The summed E-state index contributed by atoms with van der Waals surface area (Å²) in [4.78, 5) is 15.5. The van der Waals surface area contributed by atoms with E-state index in [1.54, 1.807) is 0 Å². The molecule has 0 unspecified atom stereocenters. The Morgan fingerprint density at radius 2 is 1.77 bits per heavy atom. The van der Waals surface area contributed by atoms with Crippen LogP contribution in [0.25, 0.3) is 0 Å². The Morgan fingerprint density at radius 3 is 2.63 bits per heavy atom. The molecule has 0 aromatic heterocycles. The number of nitrogens with one attached hydrogen (secondary N) is 2. The van der Waals surface area contributed by atoms with Crippen LogP contribution >= 0.6 is 11.6 Å². The summed E-state index contributed by atoms with van der Waals surface area (Å²) in [6, 6.07) is 24.2.